The van der Waals surface area contributed by atoms with Crippen LogP contribution in [0.5, 0.6) is 5.75 Å². The molecule has 6 heteroatoms. The Balaban J connectivity index is 2.60. The minimum atomic E-state index is -1.08. The molecular formula is C12H16N2O4. The second kappa shape index (κ2) is 6.48. The molecule has 0 aliphatic heterocycles. The number of carbonyl (C=O) groups is 2. The normalized spacial score (nSPS) is 11.4. The predicted molar refractivity (Wildman–Crippen MR) is 66.7 cm³/mol. The first kappa shape index (κ1) is 13.8. The van der Waals surface area contributed by atoms with Crippen LogP contribution in [0.1, 0.15) is 6.92 Å². The number of carboxylic acid groups (broad SMARTS) is 1. The SMILES string of the molecule is COc1cccc(NCC(NC(C)=O)C(=O)O)c1. The maximum Gasteiger partial charge on any atom is 0.328 e. The van der Waals surface area contributed by atoms with Crippen molar-refractivity contribution < 1.29 is 19.4 Å². The number of hydrogen-bond donors (Lipinski definition) is 3. The molecule has 1 atom stereocenters. The second-order valence-corrected chi connectivity index (χ2v) is 3.70. The van der Waals surface area contributed by atoms with Crippen molar-refractivity contribution in [3.8, 4) is 5.75 Å². The van der Waals surface area contributed by atoms with Gasteiger partial charge in [-0.25, -0.2) is 4.79 Å². The van der Waals surface area contributed by atoms with Crippen molar-refractivity contribution in [3.05, 3.63) is 24.3 Å². The summed E-state index contributed by atoms with van der Waals surface area (Å²) < 4.78 is 5.05. The third-order valence-electron chi connectivity index (χ3n) is 2.26. The standard InChI is InChI=1S/C12H16N2O4/c1-8(15)14-11(12(16)17)7-13-9-4-3-5-10(6-9)18-2/h3-6,11,13H,7H2,1-2H3,(H,14,15)(H,16,17). The number of methoxy groups -OCH3 is 1. The molecule has 3 N–H and O–H groups in total. The van der Waals surface area contributed by atoms with Crippen LogP contribution in [-0.2, 0) is 9.59 Å². The Hall–Kier alpha value is -2.24. The number of carboxylic acids is 1. The molecule has 0 aromatic heterocycles. The van der Waals surface area contributed by atoms with Crippen LogP contribution in [-0.4, -0.2) is 36.7 Å². The van der Waals surface area contributed by atoms with Crippen LogP contribution in [0.15, 0.2) is 24.3 Å². The molecule has 0 heterocycles. The van der Waals surface area contributed by atoms with Crippen LogP contribution < -0.4 is 15.4 Å². The molecular weight excluding hydrogens is 236 g/mol. The zero-order chi connectivity index (χ0) is 13.5. The lowest BCUT2D eigenvalue weighted by atomic mass is 10.2. The number of rotatable bonds is 6. The second-order valence-electron chi connectivity index (χ2n) is 3.70. The highest BCUT2D eigenvalue weighted by atomic mass is 16.5. The molecule has 0 spiro atoms. The van der Waals surface area contributed by atoms with E-state index in [4.69, 9.17) is 9.84 Å². The number of benzene rings is 1. The molecule has 0 saturated heterocycles. The van der Waals surface area contributed by atoms with E-state index in [1.807, 2.05) is 0 Å². The zero-order valence-electron chi connectivity index (χ0n) is 10.3. The molecule has 0 bridgehead atoms. The summed E-state index contributed by atoms with van der Waals surface area (Å²) in [5.74, 6) is -0.790. The molecule has 1 aromatic carbocycles. The summed E-state index contributed by atoms with van der Waals surface area (Å²) in [5, 5.41) is 14.2. The smallest absolute Gasteiger partial charge is 0.328 e. The van der Waals surface area contributed by atoms with Gasteiger partial charge < -0.3 is 20.5 Å². The highest BCUT2D eigenvalue weighted by Gasteiger charge is 2.17. The maximum absolute atomic E-state index is 10.9. The van der Waals surface area contributed by atoms with Gasteiger partial charge in [-0.1, -0.05) is 6.07 Å². The summed E-state index contributed by atoms with van der Waals surface area (Å²) in [4.78, 5) is 21.7. The molecule has 0 radical (unpaired) electrons. The molecule has 0 fully saturated rings. The van der Waals surface area contributed by atoms with E-state index in [9.17, 15) is 9.59 Å². The fraction of sp³-hybridized carbons (Fsp3) is 0.333. The maximum atomic E-state index is 10.9. The Bertz CT molecular complexity index is 434. The largest absolute Gasteiger partial charge is 0.497 e. The van der Waals surface area contributed by atoms with E-state index < -0.39 is 12.0 Å². The lowest BCUT2D eigenvalue weighted by molar-refractivity contribution is -0.141. The number of hydrogen-bond acceptors (Lipinski definition) is 4. The van der Waals surface area contributed by atoms with Gasteiger partial charge in [0, 0.05) is 25.2 Å². The van der Waals surface area contributed by atoms with Crippen molar-refractivity contribution in [1.82, 2.24) is 5.32 Å². The molecule has 1 amide bonds. The van der Waals surface area contributed by atoms with Crippen LogP contribution in [0.25, 0.3) is 0 Å². The minimum absolute atomic E-state index is 0.0993. The number of aliphatic carboxylic acids is 1. The van der Waals surface area contributed by atoms with E-state index in [0.717, 1.165) is 5.69 Å². The third-order valence-corrected chi connectivity index (χ3v) is 2.26. The summed E-state index contributed by atoms with van der Waals surface area (Å²) in [7, 11) is 1.55. The Kier molecular flexibility index (Phi) is 4.98. The molecule has 98 valence electrons. The monoisotopic (exact) mass is 252 g/mol. The minimum Gasteiger partial charge on any atom is -0.497 e. The summed E-state index contributed by atoms with van der Waals surface area (Å²) >= 11 is 0. The van der Waals surface area contributed by atoms with E-state index in [0.29, 0.717) is 5.75 Å². The van der Waals surface area contributed by atoms with Crippen LogP contribution >= 0.6 is 0 Å². The van der Waals surface area contributed by atoms with Gasteiger partial charge in [-0.05, 0) is 12.1 Å². The average molecular weight is 252 g/mol. The molecule has 1 rings (SSSR count). The van der Waals surface area contributed by atoms with Gasteiger partial charge in [-0.3, -0.25) is 4.79 Å². The van der Waals surface area contributed by atoms with Gasteiger partial charge in [-0.2, -0.15) is 0 Å². The lowest BCUT2D eigenvalue weighted by Crippen LogP contribution is -2.44. The fourth-order valence-electron chi connectivity index (χ4n) is 1.40. The van der Waals surface area contributed by atoms with Crippen molar-refractivity contribution in [2.24, 2.45) is 0 Å². The molecule has 6 nitrogen and oxygen atoms in total. The topological polar surface area (TPSA) is 87.7 Å². The Morgan fingerprint density at radius 2 is 2.17 bits per heavy atom. The Labute approximate surface area is 105 Å². The highest BCUT2D eigenvalue weighted by Crippen LogP contribution is 2.16. The summed E-state index contributed by atoms with van der Waals surface area (Å²) in [6.07, 6.45) is 0. The highest BCUT2D eigenvalue weighted by molar-refractivity contribution is 5.82. The van der Waals surface area contributed by atoms with Gasteiger partial charge in [0.1, 0.15) is 11.8 Å². The first-order valence-corrected chi connectivity index (χ1v) is 5.40. The first-order valence-electron chi connectivity index (χ1n) is 5.40. The quantitative estimate of drug-likeness (QED) is 0.693. The van der Waals surface area contributed by atoms with Gasteiger partial charge in [0.25, 0.3) is 0 Å². The number of amides is 1. The van der Waals surface area contributed by atoms with Crippen LogP contribution in [0.4, 0.5) is 5.69 Å². The van der Waals surface area contributed by atoms with Gasteiger partial charge in [0.05, 0.1) is 7.11 Å². The first-order chi connectivity index (χ1) is 8.52. The number of ether oxygens (including phenoxy) is 1. The summed E-state index contributed by atoms with van der Waals surface area (Å²) in [5.41, 5.74) is 0.728. The van der Waals surface area contributed by atoms with Gasteiger partial charge in [0.15, 0.2) is 0 Å². The van der Waals surface area contributed by atoms with Gasteiger partial charge in [-0.15, -0.1) is 0 Å². The van der Waals surface area contributed by atoms with E-state index >= 15 is 0 Å². The molecule has 0 aliphatic rings. The third kappa shape index (κ3) is 4.32. The van der Waals surface area contributed by atoms with Gasteiger partial charge >= 0.3 is 5.97 Å². The lowest BCUT2D eigenvalue weighted by Gasteiger charge is -2.15. The van der Waals surface area contributed by atoms with Crippen LogP contribution in [0.3, 0.4) is 0 Å². The number of carbonyl (C=O) groups excluding carboxylic acids is 1. The molecule has 1 unspecified atom stereocenters. The fourth-order valence-corrected chi connectivity index (χ4v) is 1.40. The Morgan fingerprint density at radius 1 is 1.44 bits per heavy atom. The van der Waals surface area contributed by atoms with Crippen molar-refractivity contribution in [3.63, 3.8) is 0 Å². The molecule has 18 heavy (non-hydrogen) atoms. The Morgan fingerprint density at radius 3 is 2.72 bits per heavy atom. The predicted octanol–water partition coefficient (Wildman–Crippen LogP) is 0.696. The summed E-state index contributed by atoms with van der Waals surface area (Å²) in [6.45, 7) is 1.38. The van der Waals surface area contributed by atoms with E-state index in [-0.39, 0.29) is 12.5 Å². The number of nitrogens with one attached hydrogen (secondary N) is 2. The van der Waals surface area contributed by atoms with Crippen molar-refractivity contribution >= 4 is 17.6 Å². The zero-order valence-corrected chi connectivity index (χ0v) is 10.3. The molecule has 0 aliphatic carbocycles. The summed E-state index contributed by atoms with van der Waals surface area (Å²) in [6, 6.07) is 6.14. The van der Waals surface area contributed by atoms with E-state index in [1.165, 1.54) is 6.92 Å². The molecule has 0 saturated carbocycles. The average Bonchev–Trinajstić information content (AvgIpc) is 2.34. The van der Waals surface area contributed by atoms with E-state index in [1.54, 1.807) is 31.4 Å². The van der Waals surface area contributed by atoms with Crippen LogP contribution in [0.2, 0.25) is 0 Å². The van der Waals surface area contributed by atoms with Crippen molar-refractivity contribution in [1.29, 1.82) is 0 Å². The van der Waals surface area contributed by atoms with Crippen molar-refractivity contribution in [2.45, 2.75) is 13.0 Å². The van der Waals surface area contributed by atoms with Crippen molar-refractivity contribution in [2.75, 3.05) is 19.0 Å². The molecule has 1 aromatic rings. The van der Waals surface area contributed by atoms with Crippen LogP contribution in [0, 0.1) is 0 Å². The van der Waals surface area contributed by atoms with E-state index in [2.05, 4.69) is 10.6 Å². The van der Waals surface area contributed by atoms with Gasteiger partial charge in [0.2, 0.25) is 5.91 Å². The number of anilines is 1.